The summed E-state index contributed by atoms with van der Waals surface area (Å²) in [7, 11) is 0. The molecule has 1 saturated heterocycles. The molecule has 1 unspecified atom stereocenters. The number of thioether (sulfide) groups is 1. The van der Waals surface area contributed by atoms with Crippen molar-refractivity contribution in [2.24, 2.45) is 0 Å². The molecule has 170 valence electrons. The summed E-state index contributed by atoms with van der Waals surface area (Å²) < 4.78 is 0. The Balaban J connectivity index is 1.48. The number of aromatic nitrogens is 1. The summed E-state index contributed by atoms with van der Waals surface area (Å²) >= 11 is 1.63. The smallest absolute Gasteiger partial charge is 0.270 e. The first-order valence-corrected chi connectivity index (χ1v) is 11.5. The Morgan fingerprint density at radius 2 is 1.91 bits per heavy atom. The number of rotatable bonds is 6. The number of carbonyl (C=O) groups is 5. The highest BCUT2D eigenvalue weighted by Gasteiger charge is 2.52. The van der Waals surface area contributed by atoms with Gasteiger partial charge in [0, 0.05) is 24.1 Å². The molecule has 0 saturated carbocycles. The summed E-state index contributed by atoms with van der Waals surface area (Å²) in [6.07, 6.45) is 1.75. The number of imide groups is 2. The monoisotopic (exact) mass is 466 g/mol. The van der Waals surface area contributed by atoms with Crippen molar-refractivity contribution in [3.05, 3.63) is 58.9 Å². The Hall–Kier alpha value is -3.53. The van der Waals surface area contributed by atoms with Crippen molar-refractivity contribution >= 4 is 41.3 Å². The molecule has 33 heavy (non-hydrogen) atoms. The van der Waals surface area contributed by atoms with Gasteiger partial charge in [0.2, 0.25) is 5.91 Å². The molecule has 2 aliphatic rings. The first-order chi connectivity index (χ1) is 15.7. The van der Waals surface area contributed by atoms with E-state index < -0.39 is 29.2 Å². The molecule has 0 bridgehead atoms. The fourth-order valence-corrected chi connectivity index (χ4v) is 4.52. The summed E-state index contributed by atoms with van der Waals surface area (Å²) in [5.74, 6) is -1.72. The van der Waals surface area contributed by atoms with E-state index in [4.69, 9.17) is 0 Å². The zero-order chi connectivity index (χ0) is 23.8. The molecule has 1 aromatic heterocycles. The second-order valence-electron chi connectivity index (χ2n) is 7.97. The SMILES string of the molecule is CCSc1ccc(C(=O)NCc2ccc3c(c2)C(=O)N(C2(C)CCC(=O)NC2=O)C3=O)nc1. The first kappa shape index (κ1) is 22.7. The maximum absolute atomic E-state index is 13.1. The minimum Gasteiger partial charge on any atom is -0.347 e. The van der Waals surface area contributed by atoms with E-state index in [0.29, 0.717) is 5.56 Å². The van der Waals surface area contributed by atoms with Crippen LogP contribution in [0.15, 0.2) is 41.4 Å². The van der Waals surface area contributed by atoms with Gasteiger partial charge in [-0.05, 0) is 48.9 Å². The number of pyridine rings is 1. The molecule has 0 radical (unpaired) electrons. The third-order valence-corrected chi connectivity index (χ3v) is 6.62. The molecule has 2 aromatic rings. The lowest BCUT2D eigenvalue weighted by Gasteiger charge is -2.38. The topological polar surface area (TPSA) is 126 Å². The number of carbonyl (C=O) groups excluding carboxylic acids is 5. The maximum Gasteiger partial charge on any atom is 0.270 e. The van der Waals surface area contributed by atoms with Gasteiger partial charge in [-0.15, -0.1) is 11.8 Å². The van der Waals surface area contributed by atoms with E-state index in [1.165, 1.54) is 13.0 Å². The fourth-order valence-electron chi connectivity index (χ4n) is 3.89. The Labute approximate surface area is 194 Å². The molecule has 1 fully saturated rings. The highest BCUT2D eigenvalue weighted by Crippen LogP contribution is 2.34. The average Bonchev–Trinajstić information content (AvgIpc) is 3.05. The zero-order valence-corrected chi connectivity index (χ0v) is 19.0. The van der Waals surface area contributed by atoms with E-state index in [1.807, 2.05) is 13.0 Å². The van der Waals surface area contributed by atoms with Gasteiger partial charge in [-0.2, -0.15) is 0 Å². The van der Waals surface area contributed by atoms with E-state index in [-0.39, 0.29) is 42.1 Å². The summed E-state index contributed by atoms with van der Waals surface area (Å²) in [4.78, 5) is 68.5. The number of hydrogen-bond acceptors (Lipinski definition) is 7. The normalized spacial score (nSPS) is 20.0. The van der Waals surface area contributed by atoms with Crippen LogP contribution in [0, 0.1) is 0 Å². The molecule has 2 N–H and O–H groups in total. The van der Waals surface area contributed by atoms with Crippen LogP contribution in [0.1, 0.15) is 63.5 Å². The molecule has 1 aromatic carbocycles. The van der Waals surface area contributed by atoms with Gasteiger partial charge in [-0.3, -0.25) is 34.2 Å². The summed E-state index contributed by atoms with van der Waals surface area (Å²) in [5.41, 5.74) is -0.191. The van der Waals surface area contributed by atoms with Crippen molar-refractivity contribution in [2.45, 2.75) is 43.7 Å². The second-order valence-corrected chi connectivity index (χ2v) is 9.31. The zero-order valence-electron chi connectivity index (χ0n) is 18.1. The van der Waals surface area contributed by atoms with Crippen molar-refractivity contribution in [3.63, 3.8) is 0 Å². The lowest BCUT2D eigenvalue weighted by atomic mass is 9.89. The molecule has 0 aliphatic carbocycles. The van der Waals surface area contributed by atoms with Crippen LogP contribution in [0.5, 0.6) is 0 Å². The van der Waals surface area contributed by atoms with E-state index in [1.54, 1.807) is 36.2 Å². The van der Waals surface area contributed by atoms with Gasteiger partial charge in [0.1, 0.15) is 11.2 Å². The number of benzene rings is 1. The molecule has 10 heteroatoms. The number of amides is 5. The molecular formula is C23H22N4O5S. The van der Waals surface area contributed by atoms with Gasteiger partial charge in [0.05, 0.1) is 11.1 Å². The van der Waals surface area contributed by atoms with Crippen LogP contribution in [-0.2, 0) is 16.1 Å². The predicted molar refractivity (Wildman–Crippen MR) is 120 cm³/mol. The molecule has 1 atom stereocenters. The molecule has 5 amide bonds. The fraction of sp³-hybridized carbons (Fsp3) is 0.304. The minimum absolute atomic E-state index is 0.0407. The number of fused-ring (bicyclic) bond motifs is 1. The molecule has 0 spiro atoms. The van der Waals surface area contributed by atoms with Crippen LogP contribution in [0.25, 0.3) is 0 Å². The van der Waals surface area contributed by atoms with Gasteiger partial charge in [-0.1, -0.05) is 13.0 Å². The summed E-state index contributed by atoms with van der Waals surface area (Å²) in [6, 6.07) is 8.19. The van der Waals surface area contributed by atoms with Crippen molar-refractivity contribution in [1.29, 1.82) is 0 Å². The third-order valence-electron chi connectivity index (χ3n) is 5.76. The lowest BCUT2D eigenvalue weighted by molar-refractivity contribution is -0.140. The van der Waals surface area contributed by atoms with Gasteiger partial charge < -0.3 is 5.32 Å². The van der Waals surface area contributed by atoms with Crippen LogP contribution in [0.2, 0.25) is 0 Å². The lowest BCUT2D eigenvalue weighted by Crippen LogP contribution is -2.62. The minimum atomic E-state index is -1.44. The molecule has 3 heterocycles. The Bertz CT molecular complexity index is 1180. The maximum atomic E-state index is 13.1. The van der Waals surface area contributed by atoms with Crippen LogP contribution < -0.4 is 10.6 Å². The highest BCUT2D eigenvalue weighted by atomic mass is 32.2. The van der Waals surface area contributed by atoms with Crippen molar-refractivity contribution in [3.8, 4) is 0 Å². The second kappa shape index (κ2) is 8.78. The molecule has 9 nitrogen and oxygen atoms in total. The van der Waals surface area contributed by atoms with E-state index in [2.05, 4.69) is 15.6 Å². The summed E-state index contributed by atoms with van der Waals surface area (Å²) in [5, 5.41) is 4.96. The van der Waals surface area contributed by atoms with Crippen molar-refractivity contribution in [2.75, 3.05) is 5.75 Å². The van der Waals surface area contributed by atoms with Gasteiger partial charge in [0.25, 0.3) is 23.6 Å². The van der Waals surface area contributed by atoms with Gasteiger partial charge in [-0.25, -0.2) is 4.98 Å². The molecular weight excluding hydrogens is 444 g/mol. The predicted octanol–water partition coefficient (Wildman–Crippen LogP) is 1.91. The van der Waals surface area contributed by atoms with E-state index >= 15 is 0 Å². The number of nitrogens with zero attached hydrogens (tertiary/aromatic N) is 2. The third kappa shape index (κ3) is 4.13. The average molecular weight is 467 g/mol. The summed E-state index contributed by atoms with van der Waals surface area (Å²) in [6.45, 7) is 3.65. The van der Waals surface area contributed by atoms with Gasteiger partial charge >= 0.3 is 0 Å². The Morgan fingerprint density at radius 1 is 1.15 bits per heavy atom. The number of hydrogen-bond donors (Lipinski definition) is 2. The van der Waals surface area contributed by atoms with Crippen LogP contribution in [0.3, 0.4) is 0 Å². The number of nitrogens with one attached hydrogen (secondary N) is 2. The Kier molecular flexibility index (Phi) is 6.03. The van der Waals surface area contributed by atoms with Crippen molar-refractivity contribution in [1.82, 2.24) is 20.5 Å². The van der Waals surface area contributed by atoms with Crippen LogP contribution >= 0.6 is 11.8 Å². The van der Waals surface area contributed by atoms with Gasteiger partial charge in [0.15, 0.2) is 0 Å². The highest BCUT2D eigenvalue weighted by molar-refractivity contribution is 7.99. The van der Waals surface area contributed by atoms with Crippen LogP contribution in [-0.4, -0.2) is 50.7 Å². The Morgan fingerprint density at radius 3 is 2.58 bits per heavy atom. The number of piperidine rings is 1. The molecule has 4 rings (SSSR count). The largest absolute Gasteiger partial charge is 0.347 e. The van der Waals surface area contributed by atoms with E-state index in [9.17, 15) is 24.0 Å². The van der Waals surface area contributed by atoms with E-state index in [0.717, 1.165) is 15.5 Å². The molecule has 2 aliphatic heterocycles. The van der Waals surface area contributed by atoms with Crippen LogP contribution in [0.4, 0.5) is 0 Å². The first-order valence-electron chi connectivity index (χ1n) is 10.5. The standard InChI is InChI=1S/C23H22N4O5S/c1-3-33-14-5-7-17(24-12-14)19(29)25-11-13-4-6-15-16(10-13)21(31)27(20(15)30)23(2)9-8-18(28)26-22(23)32/h4-7,10,12H,3,8-9,11H2,1-2H3,(H,25,29)(H,26,28,32). The quantitative estimate of drug-likeness (QED) is 0.492. The van der Waals surface area contributed by atoms with Crippen molar-refractivity contribution < 1.29 is 24.0 Å².